The van der Waals surface area contributed by atoms with Gasteiger partial charge in [0, 0.05) is 37.9 Å². The molecular formula is C15H20N4O. The summed E-state index contributed by atoms with van der Waals surface area (Å²) in [6.07, 6.45) is 3.95. The zero-order valence-electron chi connectivity index (χ0n) is 11.6. The molecule has 3 N–H and O–H groups in total. The number of amides is 1. The van der Waals surface area contributed by atoms with E-state index >= 15 is 0 Å². The number of aryl methyl sites for hydroxylation is 1. The minimum atomic E-state index is -0.258. The van der Waals surface area contributed by atoms with Crippen LogP contribution >= 0.6 is 0 Å². The van der Waals surface area contributed by atoms with Crippen LogP contribution in [0.2, 0.25) is 0 Å². The highest BCUT2D eigenvalue weighted by atomic mass is 16.1. The lowest BCUT2D eigenvalue weighted by Crippen LogP contribution is -2.30. The monoisotopic (exact) mass is 272 g/mol. The van der Waals surface area contributed by atoms with Crippen LogP contribution in [0.3, 0.4) is 0 Å². The van der Waals surface area contributed by atoms with Gasteiger partial charge < -0.3 is 15.6 Å². The quantitative estimate of drug-likeness (QED) is 0.834. The van der Waals surface area contributed by atoms with Gasteiger partial charge in [-0.25, -0.2) is 4.98 Å². The van der Waals surface area contributed by atoms with Crippen LogP contribution in [0.5, 0.6) is 0 Å². The summed E-state index contributed by atoms with van der Waals surface area (Å²) < 4.78 is 2.00. The second kappa shape index (κ2) is 6.86. The first-order chi connectivity index (χ1) is 9.66. The van der Waals surface area contributed by atoms with Gasteiger partial charge in [0.1, 0.15) is 5.82 Å². The van der Waals surface area contributed by atoms with Crippen molar-refractivity contribution in [3.63, 3.8) is 0 Å². The summed E-state index contributed by atoms with van der Waals surface area (Å²) in [5, 5.41) is 2.88. The number of nitrogens with one attached hydrogen (secondary N) is 1. The van der Waals surface area contributed by atoms with Crippen LogP contribution in [0.4, 0.5) is 0 Å². The molecule has 5 nitrogen and oxygen atoms in total. The lowest BCUT2D eigenvalue weighted by molar-refractivity contribution is -0.121. The molecule has 0 aliphatic rings. The van der Waals surface area contributed by atoms with Crippen LogP contribution in [0.25, 0.3) is 0 Å². The molecule has 2 rings (SSSR count). The maximum absolute atomic E-state index is 11.8. The molecule has 5 heteroatoms. The Morgan fingerprint density at radius 2 is 2.15 bits per heavy atom. The van der Waals surface area contributed by atoms with Gasteiger partial charge in [0.05, 0.1) is 0 Å². The molecule has 1 heterocycles. The van der Waals surface area contributed by atoms with E-state index in [1.165, 1.54) is 0 Å². The van der Waals surface area contributed by atoms with E-state index in [0.29, 0.717) is 13.0 Å². The predicted octanol–water partition coefficient (Wildman–Crippen LogP) is 1.40. The standard InChI is InChI=1S/C15H20N4O/c1-12-17-7-9-19(12)10-8-18-15(20)11-14(16)13-5-3-2-4-6-13/h2-7,9,14H,8,10-11,16H2,1H3,(H,18,20). The van der Waals surface area contributed by atoms with E-state index in [0.717, 1.165) is 17.9 Å². The maximum atomic E-state index is 11.8. The molecule has 0 spiro atoms. The Labute approximate surface area is 118 Å². The second-order valence-corrected chi connectivity index (χ2v) is 4.74. The molecule has 0 bridgehead atoms. The molecular weight excluding hydrogens is 252 g/mol. The molecule has 1 amide bonds. The van der Waals surface area contributed by atoms with Gasteiger partial charge in [-0.2, -0.15) is 0 Å². The summed E-state index contributed by atoms with van der Waals surface area (Å²) in [4.78, 5) is 16.0. The summed E-state index contributed by atoms with van der Waals surface area (Å²) in [5.74, 6) is 0.916. The predicted molar refractivity (Wildman–Crippen MR) is 78.0 cm³/mol. The number of imidazole rings is 1. The number of nitrogens with zero attached hydrogens (tertiary/aromatic N) is 2. The number of aromatic nitrogens is 2. The maximum Gasteiger partial charge on any atom is 0.221 e. The third-order valence-corrected chi connectivity index (χ3v) is 3.23. The molecule has 1 aromatic carbocycles. The molecule has 0 radical (unpaired) electrons. The highest BCUT2D eigenvalue weighted by Gasteiger charge is 2.10. The first-order valence-electron chi connectivity index (χ1n) is 6.72. The van der Waals surface area contributed by atoms with Crippen molar-refractivity contribution in [1.82, 2.24) is 14.9 Å². The minimum Gasteiger partial charge on any atom is -0.354 e. The number of carbonyl (C=O) groups is 1. The number of hydrogen-bond donors (Lipinski definition) is 2. The number of hydrogen-bond acceptors (Lipinski definition) is 3. The average Bonchev–Trinajstić information content (AvgIpc) is 2.85. The van der Waals surface area contributed by atoms with Crippen molar-refractivity contribution in [2.75, 3.05) is 6.54 Å². The Morgan fingerprint density at radius 3 is 2.80 bits per heavy atom. The van der Waals surface area contributed by atoms with E-state index in [1.807, 2.05) is 48.0 Å². The minimum absolute atomic E-state index is 0.0286. The molecule has 0 saturated heterocycles. The van der Waals surface area contributed by atoms with E-state index in [9.17, 15) is 4.79 Å². The number of benzene rings is 1. The summed E-state index contributed by atoms with van der Waals surface area (Å²) in [7, 11) is 0. The van der Waals surface area contributed by atoms with Gasteiger partial charge in [-0.05, 0) is 12.5 Å². The van der Waals surface area contributed by atoms with Crippen LogP contribution in [0.1, 0.15) is 23.9 Å². The normalized spacial score (nSPS) is 12.1. The van der Waals surface area contributed by atoms with E-state index in [-0.39, 0.29) is 11.9 Å². The van der Waals surface area contributed by atoms with Crippen LogP contribution in [-0.4, -0.2) is 22.0 Å². The van der Waals surface area contributed by atoms with E-state index in [1.54, 1.807) is 6.20 Å². The van der Waals surface area contributed by atoms with Crippen molar-refractivity contribution in [2.24, 2.45) is 5.73 Å². The Hall–Kier alpha value is -2.14. The van der Waals surface area contributed by atoms with Crippen molar-refractivity contribution < 1.29 is 4.79 Å². The molecule has 106 valence electrons. The third-order valence-electron chi connectivity index (χ3n) is 3.23. The van der Waals surface area contributed by atoms with Crippen LogP contribution in [0, 0.1) is 6.92 Å². The number of nitrogens with two attached hydrogens (primary N) is 1. The highest BCUT2D eigenvalue weighted by molar-refractivity contribution is 5.76. The molecule has 0 aliphatic carbocycles. The largest absolute Gasteiger partial charge is 0.354 e. The summed E-state index contributed by atoms with van der Waals surface area (Å²) in [5.41, 5.74) is 6.99. The smallest absolute Gasteiger partial charge is 0.221 e. The van der Waals surface area contributed by atoms with Gasteiger partial charge in [0.2, 0.25) is 5.91 Å². The molecule has 0 saturated carbocycles. The second-order valence-electron chi connectivity index (χ2n) is 4.74. The molecule has 1 atom stereocenters. The van der Waals surface area contributed by atoms with Crippen molar-refractivity contribution in [1.29, 1.82) is 0 Å². The molecule has 1 aromatic heterocycles. The van der Waals surface area contributed by atoms with Crippen molar-refractivity contribution in [3.8, 4) is 0 Å². The van der Waals surface area contributed by atoms with Crippen molar-refractivity contribution in [2.45, 2.75) is 25.9 Å². The van der Waals surface area contributed by atoms with E-state index in [2.05, 4.69) is 10.3 Å². The van der Waals surface area contributed by atoms with Gasteiger partial charge >= 0.3 is 0 Å². The first kappa shape index (κ1) is 14.3. The topological polar surface area (TPSA) is 72.9 Å². The average molecular weight is 272 g/mol. The van der Waals surface area contributed by atoms with Crippen molar-refractivity contribution in [3.05, 3.63) is 54.1 Å². The van der Waals surface area contributed by atoms with Gasteiger partial charge in [-0.15, -0.1) is 0 Å². The lowest BCUT2D eigenvalue weighted by atomic mass is 10.0. The summed E-state index contributed by atoms with van der Waals surface area (Å²) in [6, 6.07) is 9.40. The molecule has 0 fully saturated rings. The fourth-order valence-corrected chi connectivity index (χ4v) is 2.05. The summed E-state index contributed by atoms with van der Waals surface area (Å²) >= 11 is 0. The lowest BCUT2D eigenvalue weighted by Gasteiger charge is -2.12. The Bertz CT molecular complexity index is 550. The first-order valence-corrected chi connectivity index (χ1v) is 6.72. The van der Waals surface area contributed by atoms with Gasteiger partial charge in [0.15, 0.2) is 0 Å². The number of carbonyl (C=O) groups excluding carboxylic acids is 1. The summed E-state index contributed by atoms with van der Waals surface area (Å²) in [6.45, 7) is 3.24. The van der Waals surface area contributed by atoms with Crippen LogP contribution < -0.4 is 11.1 Å². The molecule has 2 aromatic rings. The van der Waals surface area contributed by atoms with Crippen LogP contribution in [0.15, 0.2) is 42.7 Å². The number of rotatable bonds is 6. The van der Waals surface area contributed by atoms with E-state index < -0.39 is 0 Å². The highest BCUT2D eigenvalue weighted by Crippen LogP contribution is 2.12. The van der Waals surface area contributed by atoms with Gasteiger partial charge in [-0.1, -0.05) is 30.3 Å². The fourth-order valence-electron chi connectivity index (χ4n) is 2.05. The molecule has 20 heavy (non-hydrogen) atoms. The van der Waals surface area contributed by atoms with Crippen molar-refractivity contribution >= 4 is 5.91 Å². The van der Waals surface area contributed by atoms with Gasteiger partial charge in [0.25, 0.3) is 0 Å². The van der Waals surface area contributed by atoms with Crippen LogP contribution in [-0.2, 0) is 11.3 Å². The van der Waals surface area contributed by atoms with E-state index in [4.69, 9.17) is 5.73 Å². The zero-order valence-corrected chi connectivity index (χ0v) is 11.6. The SMILES string of the molecule is Cc1nccn1CCNC(=O)CC(N)c1ccccc1. The Morgan fingerprint density at radius 1 is 1.40 bits per heavy atom. The molecule has 1 unspecified atom stereocenters. The third kappa shape index (κ3) is 3.93. The Kier molecular flexibility index (Phi) is 4.90. The zero-order chi connectivity index (χ0) is 14.4. The Balaban J connectivity index is 1.74. The molecule has 0 aliphatic heterocycles. The van der Waals surface area contributed by atoms with Gasteiger partial charge in [-0.3, -0.25) is 4.79 Å². The fraction of sp³-hybridized carbons (Fsp3) is 0.333.